The largest absolute Gasteiger partial charge is 0.508 e. The Morgan fingerprint density at radius 3 is 2.55 bits per heavy atom. The van der Waals surface area contributed by atoms with Crippen LogP contribution in [0.15, 0.2) is 12.1 Å². The topological polar surface area (TPSA) is 95.9 Å². The summed E-state index contributed by atoms with van der Waals surface area (Å²) < 4.78 is 5.18. The zero-order valence-corrected chi connectivity index (χ0v) is 13.2. The van der Waals surface area contributed by atoms with Crippen molar-refractivity contribution >= 4 is 17.6 Å². The second kappa shape index (κ2) is 5.28. The molecule has 6 heteroatoms. The van der Waals surface area contributed by atoms with Crippen LogP contribution in [-0.2, 0) is 26.3 Å². The first-order valence-electron chi connectivity index (χ1n) is 7.19. The summed E-state index contributed by atoms with van der Waals surface area (Å²) in [4.78, 5) is 24.2. The van der Waals surface area contributed by atoms with Crippen molar-refractivity contribution in [3.05, 3.63) is 23.3 Å². The van der Waals surface area contributed by atoms with Crippen LogP contribution < -0.4 is 5.32 Å². The zero-order chi connectivity index (χ0) is 16.7. The van der Waals surface area contributed by atoms with Crippen molar-refractivity contribution in [3.8, 4) is 5.75 Å². The molecule has 1 aliphatic heterocycles. The molecule has 1 aromatic rings. The van der Waals surface area contributed by atoms with Crippen LogP contribution in [-0.4, -0.2) is 27.7 Å². The normalized spacial score (nSPS) is 20.5. The molecule has 1 unspecified atom stereocenters. The summed E-state index contributed by atoms with van der Waals surface area (Å²) in [5.41, 5.74) is -1.48. The highest BCUT2D eigenvalue weighted by atomic mass is 16.6. The van der Waals surface area contributed by atoms with Crippen LogP contribution in [0.5, 0.6) is 5.75 Å². The lowest BCUT2D eigenvalue weighted by molar-refractivity contribution is -0.163. The van der Waals surface area contributed by atoms with Crippen LogP contribution in [0.25, 0.3) is 0 Å². The molecule has 0 saturated heterocycles. The number of phenols is 1. The third-order valence-corrected chi connectivity index (χ3v) is 3.52. The number of anilines is 1. The maximum atomic E-state index is 12.2. The molecule has 1 aromatic carbocycles. The number of amides is 1. The number of nitrogens with one attached hydrogen (secondary N) is 1. The van der Waals surface area contributed by atoms with E-state index in [4.69, 9.17) is 4.74 Å². The first kappa shape index (κ1) is 16.3. The van der Waals surface area contributed by atoms with Gasteiger partial charge in [0.15, 0.2) is 5.60 Å². The molecule has 0 aromatic heterocycles. The summed E-state index contributed by atoms with van der Waals surface area (Å²) in [6, 6.07) is 2.87. The predicted octanol–water partition coefficient (Wildman–Crippen LogP) is 1.83. The van der Waals surface area contributed by atoms with Crippen LogP contribution in [0, 0.1) is 0 Å². The molecule has 1 atom stereocenters. The molecule has 0 fully saturated rings. The second-order valence-electron chi connectivity index (χ2n) is 6.42. The number of aliphatic hydroxyl groups is 1. The van der Waals surface area contributed by atoms with Gasteiger partial charge in [0, 0.05) is 11.1 Å². The first-order chi connectivity index (χ1) is 10.1. The molecular formula is C16H21NO5. The Balaban J connectivity index is 2.38. The number of hydrogen-bond donors (Lipinski definition) is 3. The summed E-state index contributed by atoms with van der Waals surface area (Å²) in [5, 5.41) is 23.1. The van der Waals surface area contributed by atoms with E-state index in [0.717, 1.165) is 0 Å². The fourth-order valence-corrected chi connectivity index (χ4v) is 2.58. The monoisotopic (exact) mass is 307 g/mol. The zero-order valence-electron chi connectivity index (χ0n) is 13.2. The van der Waals surface area contributed by atoms with Gasteiger partial charge in [0.2, 0.25) is 0 Å². The fraction of sp³-hybridized carbons (Fsp3) is 0.500. The molecule has 2 rings (SSSR count). The Morgan fingerprint density at radius 1 is 1.36 bits per heavy atom. The molecule has 120 valence electrons. The summed E-state index contributed by atoms with van der Waals surface area (Å²) in [7, 11) is 0. The Bertz CT molecular complexity index is 632. The van der Waals surface area contributed by atoms with E-state index < -0.39 is 29.5 Å². The summed E-state index contributed by atoms with van der Waals surface area (Å²) in [6.45, 7) is 6.97. The van der Waals surface area contributed by atoms with Crippen molar-refractivity contribution in [2.45, 2.75) is 51.7 Å². The van der Waals surface area contributed by atoms with Crippen LogP contribution in [0.4, 0.5) is 5.69 Å². The van der Waals surface area contributed by atoms with Crippen molar-refractivity contribution in [1.29, 1.82) is 0 Å². The van der Waals surface area contributed by atoms with Gasteiger partial charge in [-0.05, 0) is 39.3 Å². The van der Waals surface area contributed by atoms with Gasteiger partial charge in [0.05, 0.1) is 12.1 Å². The van der Waals surface area contributed by atoms with Gasteiger partial charge < -0.3 is 20.3 Å². The van der Waals surface area contributed by atoms with Crippen LogP contribution >= 0.6 is 0 Å². The minimum Gasteiger partial charge on any atom is -0.508 e. The van der Waals surface area contributed by atoms with E-state index in [1.165, 1.54) is 12.1 Å². The van der Waals surface area contributed by atoms with Gasteiger partial charge in [-0.25, -0.2) is 0 Å². The molecule has 0 spiro atoms. The maximum absolute atomic E-state index is 12.2. The first-order valence-corrected chi connectivity index (χ1v) is 7.19. The van der Waals surface area contributed by atoms with Crippen molar-refractivity contribution in [3.63, 3.8) is 0 Å². The van der Waals surface area contributed by atoms with E-state index in [-0.39, 0.29) is 11.3 Å². The standard InChI is InChI=1S/C16H21NO5/c1-5-9-11(18)7-6-10-13(9)17-14(20)16(10,21)8-12(19)22-15(2,3)4/h6-7,18,21H,5,8H2,1-4H3,(H,17,20). The van der Waals surface area contributed by atoms with E-state index >= 15 is 0 Å². The number of hydrogen-bond acceptors (Lipinski definition) is 5. The van der Waals surface area contributed by atoms with E-state index in [9.17, 15) is 19.8 Å². The number of carbonyl (C=O) groups is 2. The quantitative estimate of drug-likeness (QED) is 0.740. The van der Waals surface area contributed by atoms with E-state index in [0.29, 0.717) is 17.7 Å². The number of esters is 1. The lowest BCUT2D eigenvalue weighted by Gasteiger charge is -2.24. The van der Waals surface area contributed by atoms with Gasteiger partial charge in [-0.3, -0.25) is 9.59 Å². The lowest BCUT2D eigenvalue weighted by Crippen LogP contribution is -2.38. The molecule has 0 aliphatic carbocycles. The average Bonchev–Trinajstić information content (AvgIpc) is 2.59. The highest BCUT2D eigenvalue weighted by molar-refractivity contribution is 6.07. The van der Waals surface area contributed by atoms with Crippen molar-refractivity contribution in [2.75, 3.05) is 5.32 Å². The molecule has 1 amide bonds. The van der Waals surface area contributed by atoms with Gasteiger partial charge >= 0.3 is 5.97 Å². The average molecular weight is 307 g/mol. The Labute approximate surface area is 129 Å². The third-order valence-electron chi connectivity index (χ3n) is 3.52. The number of rotatable bonds is 3. The Kier molecular flexibility index (Phi) is 3.91. The van der Waals surface area contributed by atoms with Gasteiger partial charge in [0.25, 0.3) is 5.91 Å². The predicted molar refractivity (Wildman–Crippen MR) is 80.5 cm³/mol. The number of carbonyl (C=O) groups excluding carboxylic acids is 2. The van der Waals surface area contributed by atoms with Crippen molar-refractivity contribution in [1.82, 2.24) is 0 Å². The van der Waals surface area contributed by atoms with Crippen LogP contribution in [0.3, 0.4) is 0 Å². The number of fused-ring (bicyclic) bond motifs is 1. The van der Waals surface area contributed by atoms with Gasteiger partial charge in [-0.1, -0.05) is 6.92 Å². The van der Waals surface area contributed by atoms with Crippen molar-refractivity contribution in [2.24, 2.45) is 0 Å². The highest BCUT2D eigenvalue weighted by Gasteiger charge is 2.48. The van der Waals surface area contributed by atoms with E-state index in [2.05, 4.69) is 5.32 Å². The molecule has 22 heavy (non-hydrogen) atoms. The molecule has 6 nitrogen and oxygen atoms in total. The third kappa shape index (κ3) is 2.78. The van der Waals surface area contributed by atoms with Gasteiger partial charge in [-0.2, -0.15) is 0 Å². The summed E-state index contributed by atoms with van der Waals surface area (Å²) in [5.74, 6) is -1.30. The number of benzene rings is 1. The second-order valence-corrected chi connectivity index (χ2v) is 6.42. The molecule has 1 heterocycles. The maximum Gasteiger partial charge on any atom is 0.310 e. The fourth-order valence-electron chi connectivity index (χ4n) is 2.58. The van der Waals surface area contributed by atoms with Crippen molar-refractivity contribution < 1.29 is 24.5 Å². The summed E-state index contributed by atoms with van der Waals surface area (Å²) >= 11 is 0. The van der Waals surface area contributed by atoms with Gasteiger partial charge in [-0.15, -0.1) is 0 Å². The SMILES string of the molecule is CCc1c(O)ccc2c1NC(=O)C2(O)CC(=O)OC(C)(C)C. The number of aromatic hydroxyl groups is 1. The Morgan fingerprint density at radius 2 is 2.00 bits per heavy atom. The van der Waals surface area contributed by atoms with Crippen LogP contribution in [0.1, 0.15) is 45.2 Å². The molecular weight excluding hydrogens is 286 g/mol. The molecule has 1 aliphatic rings. The molecule has 0 radical (unpaired) electrons. The number of phenolic OH excluding ortho intramolecular Hbond substituents is 1. The minimum atomic E-state index is -1.98. The van der Waals surface area contributed by atoms with Crippen LogP contribution in [0.2, 0.25) is 0 Å². The molecule has 0 saturated carbocycles. The minimum absolute atomic E-state index is 0.0445. The van der Waals surface area contributed by atoms with E-state index in [1.807, 2.05) is 6.92 Å². The molecule has 3 N–H and O–H groups in total. The number of ether oxygens (including phenoxy) is 1. The molecule has 0 bridgehead atoms. The van der Waals surface area contributed by atoms with E-state index in [1.54, 1.807) is 20.8 Å². The highest BCUT2D eigenvalue weighted by Crippen LogP contribution is 2.43. The van der Waals surface area contributed by atoms with Gasteiger partial charge in [0.1, 0.15) is 11.4 Å². The lowest BCUT2D eigenvalue weighted by atomic mass is 9.90. The smallest absolute Gasteiger partial charge is 0.310 e. The Hall–Kier alpha value is -2.08. The summed E-state index contributed by atoms with van der Waals surface area (Å²) in [6.07, 6.45) is 0.00877.